The van der Waals surface area contributed by atoms with Gasteiger partial charge in [-0.2, -0.15) is 0 Å². The van der Waals surface area contributed by atoms with Gasteiger partial charge in [0.1, 0.15) is 35.1 Å². The first kappa shape index (κ1) is 13.5. The van der Waals surface area contributed by atoms with Crippen molar-refractivity contribution in [2.75, 3.05) is 18.1 Å². The minimum Gasteiger partial charge on any atom is -0.489 e. The smallest absolute Gasteiger partial charge is 0.146 e. The Kier molecular flexibility index (Phi) is 3.00. The Morgan fingerprint density at radius 2 is 2.14 bits per heavy atom. The summed E-state index contributed by atoms with van der Waals surface area (Å²) in [6, 6.07) is 4.61. The second-order valence-electron chi connectivity index (χ2n) is 5.27. The lowest BCUT2D eigenvalue weighted by atomic mass is 10.1. The molecule has 0 atom stereocenters. The van der Waals surface area contributed by atoms with Gasteiger partial charge in [0.2, 0.25) is 0 Å². The highest BCUT2D eigenvalue weighted by Crippen LogP contribution is 2.41. The molecular formula is C16H14FN3OS. The molecule has 0 spiro atoms. The Bertz CT molecular complexity index is 877. The van der Waals surface area contributed by atoms with Gasteiger partial charge in [-0.3, -0.25) is 0 Å². The molecular weight excluding hydrogens is 301 g/mol. The lowest BCUT2D eigenvalue weighted by Crippen LogP contribution is -2.29. The Morgan fingerprint density at radius 3 is 3.00 bits per heavy atom. The maximum absolute atomic E-state index is 13.4. The van der Waals surface area contributed by atoms with Crippen LogP contribution in [0.1, 0.15) is 10.4 Å². The van der Waals surface area contributed by atoms with Gasteiger partial charge in [-0.05, 0) is 31.5 Å². The highest BCUT2D eigenvalue weighted by Gasteiger charge is 2.24. The number of halogens is 1. The van der Waals surface area contributed by atoms with E-state index in [1.807, 2.05) is 0 Å². The number of benzene rings is 1. The molecule has 0 saturated carbocycles. The monoisotopic (exact) mass is 315 g/mol. The van der Waals surface area contributed by atoms with Crippen LogP contribution in [-0.2, 0) is 0 Å². The summed E-state index contributed by atoms with van der Waals surface area (Å²) in [4.78, 5) is 13.2. The Labute approximate surface area is 131 Å². The molecule has 4 nitrogen and oxygen atoms in total. The summed E-state index contributed by atoms with van der Waals surface area (Å²) in [5.41, 5.74) is 2.04. The zero-order valence-corrected chi connectivity index (χ0v) is 13.1. The van der Waals surface area contributed by atoms with Gasteiger partial charge in [-0.15, -0.1) is 11.3 Å². The Hall–Kier alpha value is -2.21. The van der Waals surface area contributed by atoms with Crippen LogP contribution < -0.4 is 9.64 Å². The van der Waals surface area contributed by atoms with Crippen LogP contribution in [0.4, 0.5) is 15.9 Å². The molecule has 1 aliphatic heterocycles. The van der Waals surface area contributed by atoms with Crippen molar-refractivity contribution in [1.29, 1.82) is 0 Å². The van der Waals surface area contributed by atoms with Crippen molar-refractivity contribution in [3.05, 3.63) is 40.8 Å². The number of fused-ring (bicyclic) bond motifs is 2. The van der Waals surface area contributed by atoms with Crippen molar-refractivity contribution >= 4 is 33.1 Å². The average molecular weight is 315 g/mol. The molecule has 1 aliphatic rings. The molecule has 2 aromatic heterocycles. The number of nitrogens with zero attached hydrogens (tertiary/aromatic N) is 3. The van der Waals surface area contributed by atoms with Gasteiger partial charge >= 0.3 is 0 Å². The summed E-state index contributed by atoms with van der Waals surface area (Å²) in [7, 11) is 0. The number of aryl methyl sites for hydroxylation is 2. The minimum atomic E-state index is -0.295. The van der Waals surface area contributed by atoms with Crippen LogP contribution in [0.5, 0.6) is 5.75 Å². The molecule has 6 heteroatoms. The van der Waals surface area contributed by atoms with Gasteiger partial charge in [0, 0.05) is 10.9 Å². The Balaban J connectivity index is 1.94. The number of aromatic nitrogens is 2. The minimum absolute atomic E-state index is 0.295. The second-order valence-corrected chi connectivity index (χ2v) is 6.48. The van der Waals surface area contributed by atoms with Gasteiger partial charge in [0.25, 0.3) is 0 Å². The van der Waals surface area contributed by atoms with Crippen LogP contribution in [0.3, 0.4) is 0 Å². The topological polar surface area (TPSA) is 38.2 Å². The van der Waals surface area contributed by atoms with Crippen molar-refractivity contribution < 1.29 is 9.13 Å². The number of ether oxygens (including phenoxy) is 1. The van der Waals surface area contributed by atoms with Crippen molar-refractivity contribution in [2.24, 2.45) is 0 Å². The van der Waals surface area contributed by atoms with Gasteiger partial charge in [0.05, 0.1) is 17.6 Å². The lowest BCUT2D eigenvalue weighted by Gasteiger charge is -2.30. The molecule has 112 valence electrons. The summed E-state index contributed by atoms with van der Waals surface area (Å²) < 4.78 is 19.0. The molecule has 0 bridgehead atoms. The predicted molar refractivity (Wildman–Crippen MR) is 85.8 cm³/mol. The standard InChI is InChI=1S/C16H14FN3OS/c1-9-10(2)22-16-14(9)15(18-8-19-16)20-5-6-21-13-7-11(17)3-4-12(13)20/h3-4,7-8H,5-6H2,1-2H3. The van der Waals surface area contributed by atoms with E-state index < -0.39 is 0 Å². The van der Waals surface area contributed by atoms with Crippen molar-refractivity contribution in [3.63, 3.8) is 0 Å². The normalized spacial score (nSPS) is 14.0. The fraction of sp³-hybridized carbons (Fsp3) is 0.250. The number of thiophene rings is 1. The van der Waals surface area contributed by atoms with Crippen LogP contribution in [0.25, 0.3) is 10.2 Å². The van der Waals surface area contributed by atoms with Crippen molar-refractivity contribution in [2.45, 2.75) is 13.8 Å². The molecule has 4 rings (SSSR count). The third-order valence-corrected chi connectivity index (χ3v) is 5.10. The molecule has 0 amide bonds. The quantitative estimate of drug-likeness (QED) is 0.681. The molecule has 0 N–H and O–H groups in total. The maximum atomic E-state index is 13.4. The number of anilines is 2. The fourth-order valence-corrected chi connectivity index (χ4v) is 3.77. The summed E-state index contributed by atoms with van der Waals surface area (Å²) in [6.07, 6.45) is 1.59. The van der Waals surface area contributed by atoms with E-state index in [0.717, 1.165) is 21.7 Å². The van der Waals surface area contributed by atoms with Crippen LogP contribution in [0.15, 0.2) is 24.5 Å². The molecule has 0 aliphatic carbocycles. The molecule has 22 heavy (non-hydrogen) atoms. The van der Waals surface area contributed by atoms with E-state index in [2.05, 4.69) is 28.7 Å². The maximum Gasteiger partial charge on any atom is 0.146 e. The van der Waals surface area contributed by atoms with E-state index in [1.165, 1.54) is 22.6 Å². The second kappa shape index (κ2) is 4.91. The van der Waals surface area contributed by atoms with Crippen LogP contribution in [0.2, 0.25) is 0 Å². The van der Waals surface area contributed by atoms with Crippen LogP contribution >= 0.6 is 11.3 Å². The lowest BCUT2D eigenvalue weighted by molar-refractivity contribution is 0.312. The van der Waals surface area contributed by atoms with Crippen molar-refractivity contribution in [3.8, 4) is 5.75 Å². The fourth-order valence-electron chi connectivity index (χ4n) is 2.78. The van der Waals surface area contributed by atoms with Gasteiger partial charge in [-0.1, -0.05) is 0 Å². The average Bonchev–Trinajstić information content (AvgIpc) is 2.81. The molecule has 0 radical (unpaired) electrons. The summed E-state index contributed by atoms with van der Waals surface area (Å²) >= 11 is 1.67. The molecule has 0 saturated heterocycles. The van der Waals surface area contributed by atoms with Gasteiger partial charge < -0.3 is 9.64 Å². The number of rotatable bonds is 1. The van der Waals surface area contributed by atoms with Crippen molar-refractivity contribution in [1.82, 2.24) is 9.97 Å². The van der Waals surface area contributed by atoms with E-state index in [4.69, 9.17) is 4.74 Å². The first-order chi connectivity index (χ1) is 10.6. The van der Waals surface area contributed by atoms with E-state index in [1.54, 1.807) is 23.7 Å². The summed E-state index contributed by atoms with van der Waals surface area (Å²) in [6.45, 7) is 5.37. The van der Waals surface area contributed by atoms with E-state index >= 15 is 0 Å². The predicted octanol–water partition coefficient (Wildman–Crippen LogP) is 3.98. The van der Waals surface area contributed by atoms with Crippen LogP contribution in [0, 0.1) is 19.7 Å². The summed E-state index contributed by atoms with van der Waals surface area (Å²) in [5.74, 6) is 1.13. The number of hydrogen-bond acceptors (Lipinski definition) is 5. The van der Waals surface area contributed by atoms with E-state index in [0.29, 0.717) is 18.9 Å². The third-order valence-electron chi connectivity index (χ3n) is 3.99. The first-order valence-corrected chi connectivity index (χ1v) is 7.87. The SMILES string of the molecule is Cc1sc2ncnc(N3CCOc4cc(F)ccc43)c2c1C. The summed E-state index contributed by atoms with van der Waals surface area (Å²) in [5, 5.41) is 1.07. The zero-order valence-electron chi connectivity index (χ0n) is 12.3. The first-order valence-electron chi connectivity index (χ1n) is 7.06. The molecule has 3 heterocycles. The number of hydrogen-bond donors (Lipinski definition) is 0. The van der Waals surface area contributed by atoms with Gasteiger partial charge in [0.15, 0.2) is 0 Å². The largest absolute Gasteiger partial charge is 0.489 e. The molecule has 0 fully saturated rings. The molecule has 1 aromatic carbocycles. The molecule has 3 aromatic rings. The Morgan fingerprint density at radius 1 is 1.27 bits per heavy atom. The highest BCUT2D eigenvalue weighted by atomic mass is 32.1. The van der Waals surface area contributed by atoms with Gasteiger partial charge in [-0.25, -0.2) is 14.4 Å². The van der Waals surface area contributed by atoms with E-state index in [-0.39, 0.29) is 5.82 Å². The zero-order chi connectivity index (χ0) is 15.3. The highest BCUT2D eigenvalue weighted by molar-refractivity contribution is 7.18. The third kappa shape index (κ3) is 1.94. The molecule has 0 unspecified atom stereocenters. The van der Waals surface area contributed by atoms with E-state index in [9.17, 15) is 4.39 Å². The van der Waals surface area contributed by atoms with Crippen LogP contribution in [-0.4, -0.2) is 23.1 Å².